The predicted molar refractivity (Wildman–Crippen MR) is 137 cm³/mol. The first-order valence-corrected chi connectivity index (χ1v) is 12.6. The number of alkyl halides is 3. The molecule has 0 aliphatic rings. The van der Waals surface area contributed by atoms with Crippen LogP contribution in [0, 0.1) is 0 Å². The number of aromatic nitrogens is 3. The van der Waals surface area contributed by atoms with E-state index in [9.17, 15) is 18.0 Å². The number of hydrogen-bond acceptors (Lipinski definition) is 6. The molecular formula is C27H25F3N4O3S. The quantitative estimate of drug-likeness (QED) is 0.254. The molecule has 4 rings (SSSR count). The molecule has 1 aromatic heterocycles. The van der Waals surface area contributed by atoms with Crippen LogP contribution in [0.5, 0.6) is 11.5 Å². The summed E-state index contributed by atoms with van der Waals surface area (Å²) in [6, 6.07) is 21.0. The zero-order valence-corrected chi connectivity index (χ0v) is 21.4. The van der Waals surface area contributed by atoms with E-state index in [1.165, 1.54) is 16.7 Å². The van der Waals surface area contributed by atoms with Gasteiger partial charge in [-0.3, -0.25) is 9.36 Å². The lowest BCUT2D eigenvalue weighted by molar-refractivity contribution is -0.137. The Morgan fingerprint density at radius 2 is 1.71 bits per heavy atom. The highest BCUT2D eigenvalue weighted by atomic mass is 32.2. The first-order chi connectivity index (χ1) is 18.2. The van der Waals surface area contributed by atoms with E-state index in [1.807, 2.05) is 37.3 Å². The molecule has 1 atom stereocenters. The molecule has 1 heterocycles. The van der Waals surface area contributed by atoms with Gasteiger partial charge in [-0.15, -0.1) is 10.2 Å². The fraction of sp³-hybridized carbons (Fsp3) is 0.222. The van der Waals surface area contributed by atoms with Crippen LogP contribution in [-0.2, 0) is 17.6 Å². The van der Waals surface area contributed by atoms with Gasteiger partial charge in [0.05, 0.1) is 30.2 Å². The molecule has 3 aromatic carbocycles. The zero-order chi connectivity index (χ0) is 27.1. The van der Waals surface area contributed by atoms with Crippen LogP contribution in [0.1, 0.15) is 29.9 Å². The van der Waals surface area contributed by atoms with Crippen molar-refractivity contribution in [1.29, 1.82) is 0 Å². The molecule has 1 N–H and O–H groups in total. The molecule has 0 bridgehead atoms. The van der Waals surface area contributed by atoms with Gasteiger partial charge in [0.15, 0.2) is 11.0 Å². The number of rotatable bonds is 10. The number of methoxy groups -OCH3 is 1. The van der Waals surface area contributed by atoms with Gasteiger partial charge in [-0.05, 0) is 55.0 Å². The molecule has 0 unspecified atom stereocenters. The van der Waals surface area contributed by atoms with E-state index >= 15 is 0 Å². The Labute approximate surface area is 222 Å². The Kier molecular flexibility index (Phi) is 8.57. The molecule has 38 heavy (non-hydrogen) atoms. The highest BCUT2D eigenvalue weighted by molar-refractivity contribution is 7.99. The van der Waals surface area contributed by atoms with Gasteiger partial charge in [0.1, 0.15) is 18.1 Å². The average Bonchev–Trinajstić information content (AvgIpc) is 3.34. The normalized spacial score (nSPS) is 12.1. The zero-order valence-electron chi connectivity index (χ0n) is 20.6. The van der Waals surface area contributed by atoms with E-state index in [4.69, 9.17) is 9.47 Å². The smallest absolute Gasteiger partial charge is 0.416 e. The number of carbonyl (C=O) groups is 1. The Balaban J connectivity index is 1.54. The molecule has 4 aromatic rings. The second-order valence-corrected chi connectivity index (χ2v) is 9.18. The Morgan fingerprint density at radius 3 is 2.39 bits per heavy atom. The van der Waals surface area contributed by atoms with Gasteiger partial charge in [0, 0.05) is 0 Å². The standard InChI is InChI=1S/C27H25F3N4O3S/c1-18(19-7-4-3-5-8-19)31-25(35)17-38-26-33-32-24(16-37-23-13-11-22(36-2)12-14-23)34(26)21-10-6-9-20(15-21)27(28,29)30/h3-15,18H,16-17H2,1-2H3,(H,31,35)/t18-/m0/s1. The lowest BCUT2D eigenvalue weighted by Crippen LogP contribution is -2.28. The molecule has 0 aliphatic carbocycles. The van der Waals surface area contributed by atoms with Crippen molar-refractivity contribution < 1.29 is 27.4 Å². The molecule has 0 spiro atoms. The summed E-state index contributed by atoms with van der Waals surface area (Å²) in [4.78, 5) is 12.6. The summed E-state index contributed by atoms with van der Waals surface area (Å²) in [5, 5.41) is 11.5. The van der Waals surface area contributed by atoms with Gasteiger partial charge in [-0.25, -0.2) is 0 Å². The fourth-order valence-corrected chi connectivity index (χ4v) is 4.41. The maximum atomic E-state index is 13.4. The summed E-state index contributed by atoms with van der Waals surface area (Å²) in [6.45, 7) is 1.81. The van der Waals surface area contributed by atoms with E-state index in [1.54, 1.807) is 31.4 Å². The molecule has 0 saturated heterocycles. The van der Waals surface area contributed by atoms with Crippen LogP contribution in [-0.4, -0.2) is 33.5 Å². The van der Waals surface area contributed by atoms with Crippen molar-refractivity contribution >= 4 is 17.7 Å². The summed E-state index contributed by atoms with van der Waals surface area (Å²) in [6.07, 6.45) is -4.52. The minimum atomic E-state index is -4.52. The second kappa shape index (κ2) is 12.0. The summed E-state index contributed by atoms with van der Waals surface area (Å²) >= 11 is 1.07. The number of nitrogens with one attached hydrogen (secondary N) is 1. The molecule has 11 heteroatoms. The lowest BCUT2D eigenvalue weighted by atomic mass is 10.1. The van der Waals surface area contributed by atoms with Crippen molar-refractivity contribution in [3.63, 3.8) is 0 Å². The summed E-state index contributed by atoms with van der Waals surface area (Å²) < 4.78 is 52.7. The summed E-state index contributed by atoms with van der Waals surface area (Å²) in [5.74, 6) is 1.20. The van der Waals surface area contributed by atoms with Crippen LogP contribution in [0.4, 0.5) is 13.2 Å². The molecule has 1 amide bonds. The monoisotopic (exact) mass is 542 g/mol. The third-order valence-corrected chi connectivity index (χ3v) is 6.50. The van der Waals surface area contributed by atoms with Crippen LogP contribution in [0.2, 0.25) is 0 Å². The Morgan fingerprint density at radius 1 is 1.00 bits per heavy atom. The number of benzene rings is 3. The van der Waals surface area contributed by atoms with E-state index in [2.05, 4.69) is 15.5 Å². The van der Waals surface area contributed by atoms with Gasteiger partial charge in [0.25, 0.3) is 0 Å². The van der Waals surface area contributed by atoms with Crippen molar-refractivity contribution in [3.8, 4) is 17.2 Å². The third kappa shape index (κ3) is 6.86. The molecule has 7 nitrogen and oxygen atoms in total. The SMILES string of the molecule is COc1ccc(OCc2nnc(SCC(=O)N[C@@H](C)c3ccccc3)n2-c2cccc(C(F)(F)F)c2)cc1. The number of carbonyl (C=O) groups excluding carboxylic acids is 1. The first-order valence-electron chi connectivity index (χ1n) is 11.6. The molecule has 0 fully saturated rings. The molecule has 0 saturated carbocycles. The van der Waals surface area contributed by atoms with Crippen molar-refractivity contribution in [2.75, 3.05) is 12.9 Å². The summed E-state index contributed by atoms with van der Waals surface area (Å²) in [5.41, 5.74) is 0.353. The highest BCUT2D eigenvalue weighted by Crippen LogP contribution is 2.32. The number of thioether (sulfide) groups is 1. The minimum Gasteiger partial charge on any atom is -0.497 e. The summed E-state index contributed by atoms with van der Waals surface area (Å²) in [7, 11) is 1.55. The molecule has 0 aliphatic heterocycles. The van der Waals surface area contributed by atoms with Gasteiger partial charge in [-0.2, -0.15) is 13.2 Å². The molecular weight excluding hydrogens is 517 g/mol. The number of halogens is 3. The van der Waals surface area contributed by atoms with Gasteiger partial charge in [0.2, 0.25) is 5.91 Å². The maximum Gasteiger partial charge on any atom is 0.416 e. The maximum absolute atomic E-state index is 13.4. The van der Waals surface area contributed by atoms with Crippen molar-refractivity contribution in [3.05, 3.63) is 95.8 Å². The van der Waals surface area contributed by atoms with Gasteiger partial charge < -0.3 is 14.8 Å². The topological polar surface area (TPSA) is 78.3 Å². The van der Waals surface area contributed by atoms with Gasteiger partial charge in [-0.1, -0.05) is 48.2 Å². The van der Waals surface area contributed by atoms with E-state index in [-0.39, 0.29) is 41.0 Å². The first kappa shape index (κ1) is 27.1. The highest BCUT2D eigenvalue weighted by Gasteiger charge is 2.31. The van der Waals surface area contributed by atoms with Crippen molar-refractivity contribution in [2.45, 2.75) is 30.9 Å². The largest absolute Gasteiger partial charge is 0.497 e. The number of amides is 1. The number of ether oxygens (including phenoxy) is 2. The van der Waals surface area contributed by atoms with E-state index in [0.717, 1.165) is 29.5 Å². The van der Waals surface area contributed by atoms with Crippen LogP contribution >= 0.6 is 11.8 Å². The average molecular weight is 543 g/mol. The number of hydrogen-bond donors (Lipinski definition) is 1. The Bertz CT molecular complexity index is 1360. The van der Waals surface area contributed by atoms with Crippen LogP contribution in [0.25, 0.3) is 5.69 Å². The van der Waals surface area contributed by atoms with E-state index in [0.29, 0.717) is 11.5 Å². The molecule has 0 radical (unpaired) electrons. The van der Waals surface area contributed by atoms with E-state index < -0.39 is 11.7 Å². The van der Waals surface area contributed by atoms with Crippen LogP contribution in [0.3, 0.4) is 0 Å². The third-order valence-electron chi connectivity index (χ3n) is 5.57. The van der Waals surface area contributed by atoms with Gasteiger partial charge >= 0.3 is 6.18 Å². The Hall–Kier alpha value is -3.99. The second-order valence-electron chi connectivity index (χ2n) is 8.24. The molecule has 198 valence electrons. The lowest BCUT2D eigenvalue weighted by Gasteiger charge is -2.15. The predicted octanol–water partition coefficient (Wildman–Crippen LogP) is 5.84. The van der Waals surface area contributed by atoms with Crippen molar-refractivity contribution in [1.82, 2.24) is 20.1 Å². The number of nitrogens with zero attached hydrogens (tertiary/aromatic N) is 3. The minimum absolute atomic E-state index is 0.00634. The van der Waals surface area contributed by atoms with Crippen LogP contribution < -0.4 is 14.8 Å². The fourth-order valence-electron chi connectivity index (χ4n) is 3.63. The van der Waals surface area contributed by atoms with Crippen LogP contribution in [0.15, 0.2) is 84.0 Å². The van der Waals surface area contributed by atoms with Crippen molar-refractivity contribution in [2.24, 2.45) is 0 Å².